The first-order valence-electron chi connectivity index (χ1n) is 10.4. The van der Waals surface area contributed by atoms with Crippen LogP contribution < -0.4 is 15.4 Å². The summed E-state index contributed by atoms with van der Waals surface area (Å²) in [6.45, 7) is 1.27. The normalized spacial score (nSPS) is 14.5. The Kier molecular flexibility index (Phi) is 7.92. The van der Waals surface area contributed by atoms with E-state index in [1.165, 1.54) is 0 Å². The summed E-state index contributed by atoms with van der Waals surface area (Å²) in [6, 6.07) is 12.9. The van der Waals surface area contributed by atoms with Gasteiger partial charge < -0.3 is 20.3 Å². The van der Waals surface area contributed by atoms with Gasteiger partial charge in [-0.15, -0.1) is 0 Å². The van der Waals surface area contributed by atoms with Crippen LogP contribution in [0.25, 0.3) is 0 Å². The van der Waals surface area contributed by atoms with E-state index in [1.54, 1.807) is 17.0 Å². The molecule has 1 fully saturated rings. The lowest BCUT2D eigenvalue weighted by atomic mass is 9.96. The molecule has 10 heteroatoms. The maximum atomic E-state index is 12.6. The molecule has 0 saturated carbocycles. The van der Waals surface area contributed by atoms with Crippen LogP contribution in [-0.4, -0.2) is 48.9 Å². The molecule has 0 bridgehead atoms. The molecule has 1 aliphatic rings. The molecule has 3 rings (SSSR count). The van der Waals surface area contributed by atoms with E-state index in [0.717, 1.165) is 24.3 Å². The van der Waals surface area contributed by atoms with Crippen LogP contribution in [0.1, 0.15) is 18.4 Å². The fourth-order valence-electron chi connectivity index (χ4n) is 3.39. The molecular weight excluding hydrogens is 439 g/mol. The number of amides is 3. The summed E-state index contributed by atoms with van der Waals surface area (Å²) < 4.78 is 43.2. The van der Waals surface area contributed by atoms with Gasteiger partial charge in [0.15, 0.2) is 6.61 Å². The van der Waals surface area contributed by atoms with Gasteiger partial charge in [0.1, 0.15) is 5.75 Å². The molecule has 0 atom stereocenters. The Morgan fingerprint density at radius 2 is 1.58 bits per heavy atom. The van der Waals surface area contributed by atoms with E-state index >= 15 is 0 Å². The highest BCUT2D eigenvalue weighted by molar-refractivity contribution is 6.39. The molecule has 1 aliphatic heterocycles. The number of carbonyl (C=O) groups is 3. The Morgan fingerprint density at radius 3 is 2.18 bits per heavy atom. The van der Waals surface area contributed by atoms with Crippen LogP contribution in [0.3, 0.4) is 0 Å². The molecule has 7 nitrogen and oxygen atoms in total. The quantitative estimate of drug-likeness (QED) is 0.645. The molecule has 1 saturated heterocycles. The molecule has 0 unspecified atom stereocenters. The lowest BCUT2D eigenvalue weighted by Gasteiger charge is -2.32. The number of halogens is 3. The second kappa shape index (κ2) is 10.8. The Hall–Kier alpha value is -3.56. The third-order valence-electron chi connectivity index (χ3n) is 5.30. The Labute approximate surface area is 188 Å². The summed E-state index contributed by atoms with van der Waals surface area (Å²) in [4.78, 5) is 38.0. The van der Waals surface area contributed by atoms with E-state index < -0.39 is 23.6 Å². The van der Waals surface area contributed by atoms with Gasteiger partial charge in [-0.25, -0.2) is 0 Å². The van der Waals surface area contributed by atoms with Gasteiger partial charge in [-0.1, -0.05) is 18.2 Å². The number of benzene rings is 2. The van der Waals surface area contributed by atoms with Crippen molar-refractivity contribution in [3.05, 3.63) is 60.2 Å². The van der Waals surface area contributed by atoms with Crippen molar-refractivity contribution in [3.63, 3.8) is 0 Å². The summed E-state index contributed by atoms with van der Waals surface area (Å²) in [5, 5.41) is 4.81. The number of carbonyl (C=O) groups excluding carboxylic acids is 3. The number of para-hydroxylation sites is 1. The molecule has 0 radical (unpaired) electrons. The topological polar surface area (TPSA) is 87.7 Å². The number of alkyl halides is 3. The largest absolute Gasteiger partial charge is 0.484 e. The Balaban J connectivity index is 1.36. The number of likely N-dealkylation sites (tertiary alicyclic amines) is 1. The molecule has 1 heterocycles. The maximum absolute atomic E-state index is 12.6. The molecule has 0 spiro atoms. The number of hydrogen-bond acceptors (Lipinski definition) is 4. The lowest BCUT2D eigenvalue weighted by molar-refractivity contribution is -0.137. The average molecular weight is 463 g/mol. The molecule has 176 valence electrons. The Morgan fingerprint density at radius 1 is 0.939 bits per heavy atom. The third-order valence-corrected chi connectivity index (χ3v) is 5.30. The van der Waals surface area contributed by atoms with Gasteiger partial charge in [-0.2, -0.15) is 13.2 Å². The van der Waals surface area contributed by atoms with Crippen molar-refractivity contribution < 1.29 is 32.3 Å². The molecule has 2 aromatic carbocycles. The predicted octanol–water partition coefficient (Wildman–Crippen LogP) is 3.08. The molecular formula is C23H24F3N3O4. The SMILES string of the molecule is O=C(NCC1CCN(C(=O)COc2ccccc2)CC1)C(=O)Nc1ccc(C(F)(F)F)cc1. The number of nitrogens with zero attached hydrogens (tertiary/aromatic N) is 1. The molecule has 2 aromatic rings. The highest BCUT2D eigenvalue weighted by Gasteiger charge is 2.30. The standard InChI is InChI=1S/C23H24F3N3O4/c24-23(25,26)17-6-8-18(9-7-17)28-22(32)21(31)27-14-16-10-12-29(13-11-16)20(30)15-33-19-4-2-1-3-5-19/h1-9,16H,10-15H2,(H,27,31)(H,28,32). The third kappa shape index (κ3) is 7.23. The summed E-state index contributed by atoms with van der Waals surface area (Å²) in [5.41, 5.74) is -0.755. The first-order chi connectivity index (χ1) is 15.7. The summed E-state index contributed by atoms with van der Waals surface area (Å²) >= 11 is 0. The van der Waals surface area contributed by atoms with E-state index in [0.29, 0.717) is 31.7 Å². The maximum Gasteiger partial charge on any atom is 0.416 e. The fourth-order valence-corrected chi connectivity index (χ4v) is 3.39. The minimum Gasteiger partial charge on any atom is -0.484 e. The average Bonchev–Trinajstić information content (AvgIpc) is 2.81. The molecule has 0 aliphatic carbocycles. The molecule has 0 aromatic heterocycles. The van der Waals surface area contributed by atoms with Crippen LogP contribution in [0, 0.1) is 5.92 Å². The molecule has 33 heavy (non-hydrogen) atoms. The highest BCUT2D eigenvalue weighted by Crippen LogP contribution is 2.29. The number of piperidine rings is 1. The smallest absolute Gasteiger partial charge is 0.416 e. The minimum atomic E-state index is -4.48. The van der Waals surface area contributed by atoms with Crippen LogP contribution in [0.4, 0.5) is 18.9 Å². The van der Waals surface area contributed by atoms with E-state index in [-0.39, 0.29) is 30.7 Å². The number of nitrogens with one attached hydrogen (secondary N) is 2. The van der Waals surface area contributed by atoms with Crippen molar-refractivity contribution in [3.8, 4) is 5.75 Å². The van der Waals surface area contributed by atoms with Gasteiger partial charge >= 0.3 is 18.0 Å². The number of ether oxygens (including phenoxy) is 1. The first kappa shape index (κ1) is 24.1. The van der Waals surface area contributed by atoms with Gasteiger partial charge in [0.25, 0.3) is 5.91 Å². The van der Waals surface area contributed by atoms with Crippen molar-refractivity contribution in [1.82, 2.24) is 10.2 Å². The van der Waals surface area contributed by atoms with Crippen LogP contribution in [0.15, 0.2) is 54.6 Å². The van der Waals surface area contributed by atoms with Crippen LogP contribution in [0.5, 0.6) is 5.75 Å². The van der Waals surface area contributed by atoms with Gasteiger partial charge in [0, 0.05) is 25.3 Å². The molecule has 3 amide bonds. The van der Waals surface area contributed by atoms with Gasteiger partial charge in [0.2, 0.25) is 0 Å². The second-order valence-electron chi connectivity index (χ2n) is 7.67. The van der Waals surface area contributed by atoms with Gasteiger partial charge in [-0.3, -0.25) is 14.4 Å². The van der Waals surface area contributed by atoms with Crippen LogP contribution in [-0.2, 0) is 20.6 Å². The summed E-state index contributed by atoms with van der Waals surface area (Å²) in [7, 11) is 0. The van der Waals surface area contributed by atoms with E-state index in [4.69, 9.17) is 4.74 Å². The monoisotopic (exact) mass is 463 g/mol. The predicted molar refractivity (Wildman–Crippen MR) is 114 cm³/mol. The van der Waals surface area contributed by atoms with Gasteiger partial charge in [-0.05, 0) is 55.2 Å². The summed E-state index contributed by atoms with van der Waals surface area (Å²) in [6.07, 6.45) is -3.15. The van der Waals surface area contributed by atoms with Crippen molar-refractivity contribution in [2.45, 2.75) is 19.0 Å². The molecule has 2 N–H and O–H groups in total. The zero-order valence-electron chi connectivity index (χ0n) is 17.7. The summed E-state index contributed by atoms with van der Waals surface area (Å²) in [5.74, 6) is -1.22. The zero-order valence-corrected chi connectivity index (χ0v) is 17.7. The van der Waals surface area contributed by atoms with E-state index in [1.807, 2.05) is 18.2 Å². The second-order valence-corrected chi connectivity index (χ2v) is 7.67. The van der Waals surface area contributed by atoms with Gasteiger partial charge in [0.05, 0.1) is 5.56 Å². The lowest BCUT2D eigenvalue weighted by Crippen LogP contribution is -2.44. The number of rotatable bonds is 6. The van der Waals surface area contributed by atoms with Crippen molar-refractivity contribution in [2.24, 2.45) is 5.92 Å². The first-order valence-corrected chi connectivity index (χ1v) is 10.4. The van der Waals surface area contributed by atoms with Crippen LogP contribution >= 0.6 is 0 Å². The fraction of sp³-hybridized carbons (Fsp3) is 0.348. The number of anilines is 1. The number of hydrogen-bond donors (Lipinski definition) is 2. The minimum absolute atomic E-state index is 0.0461. The van der Waals surface area contributed by atoms with Crippen molar-refractivity contribution >= 4 is 23.4 Å². The van der Waals surface area contributed by atoms with E-state index in [2.05, 4.69) is 10.6 Å². The van der Waals surface area contributed by atoms with E-state index in [9.17, 15) is 27.6 Å². The Bertz CT molecular complexity index is 957. The van der Waals surface area contributed by atoms with Crippen LogP contribution in [0.2, 0.25) is 0 Å². The van der Waals surface area contributed by atoms with Crippen molar-refractivity contribution in [1.29, 1.82) is 0 Å². The zero-order chi connectivity index (χ0) is 23.8. The highest BCUT2D eigenvalue weighted by atomic mass is 19.4. The van der Waals surface area contributed by atoms with Crippen molar-refractivity contribution in [2.75, 3.05) is 31.6 Å².